The van der Waals surface area contributed by atoms with Crippen molar-refractivity contribution >= 4 is 5.91 Å². The summed E-state index contributed by atoms with van der Waals surface area (Å²) in [6.07, 6.45) is 8.75. The maximum atomic E-state index is 12.2. The minimum atomic E-state index is 0.0763. The zero-order valence-electron chi connectivity index (χ0n) is 13.1. The molecule has 4 nitrogen and oxygen atoms in total. The molecule has 4 heteroatoms. The Morgan fingerprint density at radius 3 is 2.60 bits per heavy atom. The van der Waals surface area contributed by atoms with Crippen molar-refractivity contribution in [1.29, 1.82) is 0 Å². The van der Waals surface area contributed by atoms with Gasteiger partial charge in [-0.1, -0.05) is 26.2 Å². The molecule has 2 N–H and O–H groups in total. The average Bonchev–Trinajstić information content (AvgIpc) is 2.49. The number of carbonyl (C=O) groups is 1. The summed E-state index contributed by atoms with van der Waals surface area (Å²) in [5.41, 5.74) is 0. The van der Waals surface area contributed by atoms with Crippen molar-refractivity contribution < 1.29 is 9.90 Å². The lowest BCUT2D eigenvalue weighted by atomic mass is 9.93. The fourth-order valence-corrected chi connectivity index (χ4v) is 2.87. The van der Waals surface area contributed by atoms with E-state index in [0.29, 0.717) is 18.9 Å². The topological polar surface area (TPSA) is 52.6 Å². The van der Waals surface area contributed by atoms with E-state index in [2.05, 4.69) is 12.2 Å². The van der Waals surface area contributed by atoms with E-state index >= 15 is 0 Å². The highest BCUT2D eigenvalue weighted by Crippen LogP contribution is 2.18. The number of piperidine rings is 1. The van der Waals surface area contributed by atoms with Gasteiger partial charge < -0.3 is 15.3 Å². The van der Waals surface area contributed by atoms with Crippen LogP contribution in [0.3, 0.4) is 0 Å². The molecule has 0 saturated carbocycles. The smallest absolute Gasteiger partial charge is 0.222 e. The summed E-state index contributed by atoms with van der Waals surface area (Å²) in [6, 6.07) is 0. The van der Waals surface area contributed by atoms with Crippen molar-refractivity contribution in [3.8, 4) is 0 Å². The van der Waals surface area contributed by atoms with Gasteiger partial charge in [-0.3, -0.25) is 4.79 Å². The van der Waals surface area contributed by atoms with E-state index in [0.717, 1.165) is 32.5 Å². The van der Waals surface area contributed by atoms with Gasteiger partial charge in [-0.05, 0) is 44.7 Å². The van der Waals surface area contributed by atoms with Gasteiger partial charge >= 0.3 is 0 Å². The molecule has 0 radical (unpaired) electrons. The van der Waals surface area contributed by atoms with Gasteiger partial charge in [0.15, 0.2) is 0 Å². The summed E-state index contributed by atoms with van der Waals surface area (Å²) in [5.74, 6) is 0.936. The maximum absolute atomic E-state index is 12.2. The molecule has 0 atom stereocenters. The Labute approximate surface area is 123 Å². The Balaban J connectivity index is 2.23. The quantitative estimate of drug-likeness (QED) is 0.605. The van der Waals surface area contributed by atoms with Crippen LogP contribution in [-0.2, 0) is 4.79 Å². The molecule has 0 unspecified atom stereocenters. The lowest BCUT2D eigenvalue weighted by molar-refractivity contribution is -0.132. The molecule has 0 bridgehead atoms. The Morgan fingerprint density at radius 1 is 1.20 bits per heavy atom. The Bertz CT molecular complexity index is 253. The molecule has 0 aromatic heterocycles. The van der Waals surface area contributed by atoms with Crippen molar-refractivity contribution in [2.24, 2.45) is 5.92 Å². The Hall–Kier alpha value is -0.610. The van der Waals surface area contributed by atoms with E-state index in [4.69, 9.17) is 5.11 Å². The summed E-state index contributed by atoms with van der Waals surface area (Å²) in [7, 11) is 0. The zero-order valence-corrected chi connectivity index (χ0v) is 13.1. The number of hydrogen-bond donors (Lipinski definition) is 2. The molecule has 1 aliphatic heterocycles. The normalized spacial score (nSPS) is 16.3. The van der Waals surface area contributed by atoms with Crippen molar-refractivity contribution in [2.45, 2.75) is 58.3 Å². The predicted octanol–water partition coefficient (Wildman–Crippen LogP) is 2.17. The largest absolute Gasteiger partial charge is 0.395 e. The third-order valence-electron chi connectivity index (χ3n) is 4.23. The SMILES string of the molecule is CCCCCCN(CCO)C(=O)CCC1CCNCC1. The van der Waals surface area contributed by atoms with Crippen LogP contribution in [0.15, 0.2) is 0 Å². The number of carbonyl (C=O) groups excluding carboxylic acids is 1. The molecular weight excluding hydrogens is 252 g/mol. The summed E-state index contributed by atoms with van der Waals surface area (Å²) >= 11 is 0. The highest BCUT2D eigenvalue weighted by molar-refractivity contribution is 5.76. The van der Waals surface area contributed by atoms with Crippen molar-refractivity contribution in [3.63, 3.8) is 0 Å². The average molecular weight is 284 g/mol. The molecule has 0 aromatic carbocycles. The zero-order chi connectivity index (χ0) is 14.6. The first kappa shape index (κ1) is 17.4. The first-order chi connectivity index (χ1) is 9.77. The lowest BCUT2D eigenvalue weighted by Crippen LogP contribution is -2.35. The minimum absolute atomic E-state index is 0.0763. The van der Waals surface area contributed by atoms with Crippen LogP contribution in [-0.4, -0.2) is 48.7 Å². The van der Waals surface area contributed by atoms with Crippen LogP contribution in [0, 0.1) is 5.92 Å². The van der Waals surface area contributed by atoms with E-state index in [9.17, 15) is 4.79 Å². The fourth-order valence-electron chi connectivity index (χ4n) is 2.87. The van der Waals surface area contributed by atoms with Gasteiger partial charge in [0.25, 0.3) is 0 Å². The van der Waals surface area contributed by atoms with Crippen LogP contribution in [0.1, 0.15) is 58.3 Å². The monoisotopic (exact) mass is 284 g/mol. The maximum Gasteiger partial charge on any atom is 0.222 e. The van der Waals surface area contributed by atoms with Gasteiger partial charge in [0, 0.05) is 19.5 Å². The summed E-state index contributed by atoms with van der Waals surface area (Å²) in [5, 5.41) is 12.5. The summed E-state index contributed by atoms with van der Waals surface area (Å²) < 4.78 is 0. The van der Waals surface area contributed by atoms with Crippen LogP contribution in [0.4, 0.5) is 0 Å². The van der Waals surface area contributed by atoms with Crippen LogP contribution in [0.25, 0.3) is 0 Å². The first-order valence-electron chi connectivity index (χ1n) is 8.37. The van der Waals surface area contributed by atoms with Gasteiger partial charge in [0.05, 0.1) is 6.61 Å². The molecule has 20 heavy (non-hydrogen) atoms. The summed E-state index contributed by atoms with van der Waals surface area (Å²) in [4.78, 5) is 14.1. The minimum Gasteiger partial charge on any atom is -0.395 e. The number of nitrogens with zero attached hydrogens (tertiary/aromatic N) is 1. The van der Waals surface area contributed by atoms with Crippen LogP contribution in [0.2, 0.25) is 0 Å². The molecule has 1 fully saturated rings. The number of rotatable bonds is 10. The second-order valence-corrected chi connectivity index (χ2v) is 5.90. The number of aliphatic hydroxyl groups is 1. The molecule has 1 amide bonds. The van der Waals surface area contributed by atoms with Gasteiger partial charge in [-0.15, -0.1) is 0 Å². The van der Waals surface area contributed by atoms with Gasteiger partial charge in [-0.25, -0.2) is 0 Å². The number of amides is 1. The van der Waals surface area contributed by atoms with Crippen LogP contribution < -0.4 is 5.32 Å². The highest BCUT2D eigenvalue weighted by Gasteiger charge is 2.17. The number of nitrogens with one attached hydrogen (secondary N) is 1. The Morgan fingerprint density at radius 2 is 1.95 bits per heavy atom. The second-order valence-electron chi connectivity index (χ2n) is 5.90. The fraction of sp³-hybridized carbons (Fsp3) is 0.938. The van der Waals surface area contributed by atoms with E-state index in [-0.39, 0.29) is 12.5 Å². The standard InChI is InChI=1S/C16H32N2O2/c1-2-3-4-5-12-18(13-14-19)16(20)7-6-15-8-10-17-11-9-15/h15,17,19H,2-14H2,1H3. The molecule has 1 aliphatic rings. The van der Waals surface area contributed by atoms with Crippen molar-refractivity contribution in [2.75, 3.05) is 32.8 Å². The van der Waals surface area contributed by atoms with E-state index < -0.39 is 0 Å². The van der Waals surface area contributed by atoms with Gasteiger partial charge in [0.1, 0.15) is 0 Å². The number of hydrogen-bond acceptors (Lipinski definition) is 3. The lowest BCUT2D eigenvalue weighted by Gasteiger charge is -2.25. The van der Waals surface area contributed by atoms with Crippen LogP contribution in [0.5, 0.6) is 0 Å². The molecular formula is C16H32N2O2. The first-order valence-corrected chi connectivity index (χ1v) is 8.37. The van der Waals surface area contributed by atoms with Crippen molar-refractivity contribution in [3.05, 3.63) is 0 Å². The number of unbranched alkanes of at least 4 members (excludes halogenated alkanes) is 3. The summed E-state index contributed by atoms with van der Waals surface area (Å²) in [6.45, 7) is 5.76. The molecule has 1 rings (SSSR count). The van der Waals surface area contributed by atoms with Crippen LogP contribution >= 0.6 is 0 Å². The number of aliphatic hydroxyl groups excluding tert-OH is 1. The molecule has 1 saturated heterocycles. The highest BCUT2D eigenvalue weighted by atomic mass is 16.3. The van der Waals surface area contributed by atoms with Gasteiger partial charge in [0.2, 0.25) is 5.91 Å². The van der Waals surface area contributed by atoms with Gasteiger partial charge in [-0.2, -0.15) is 0 Å². The third kappa shape index (κ3) is 7.25. The van der Waals surface area contributed by atoms with E-state index in [1.807, 2.05) is 4.90 Å². The molecule has 1 heterocycles. The molecule has 118 valence electrons. The molecule has 0 aromatic rings. The molecule has 0 aliphatic carbocycles. The third-order valence-corrected chi connectivity index (χ3v) is 4.23. The molecule has 0 spiro atoms. The van der Waals surface area contributed by atoms with Crippen molar-refractivity contribution in [1.82, 2.24) is 10.2 Å². The Kier molecular flexibility index (Phi) is 9.67. The second kappa shape index (κ2) is 11.1. The van der Waals surface area contributed by atoms with E-state index in [1.165, 1.54) is 32.1 Å². The predicted molar refractivity (Wildman–Crippen MR) is 82.6 cm³/mol. The van der Waals surface area contributed by atoms with E-state index in [1.54, 1.807) is 0 Å².